The maximum absolute atomic E-state index is 12.8. The van der Waals surface area contributed by atoms with Crippen LogP contribution in [0.3, 0.4) is 0 Å². The molecule has 0 aromatic heterocycles. The summed E-state index contributed by atoms with van der Waals surface area (Å²) < 4.78 is 0. The molecule has 3 nitrogen and oxygen atoms in total. The first-order chi connectivity index (χ1) is 9.25. The van der Waals surface area contributed by atoms with Crippen LogP contribution < -0.4 is 0 Å². The Hall–Kier alpha value is -0.570. The summed E-state index contributed by atoms with van der Waals surface area (Å²) in [7, 11) is 0. The maximum atomic E-state index is 12.8. The number of piperidine rings is 1. The van der Waals surface area contributed by atoms with Gasteiger partial charge in [-0.15, -0.1) is 0 Å². The van der Waals surface area contributed by atoms with Crippen molar-refractivity contribution in [2.75, 3.05) is 19.7 Å². The van der Waals surface area contributed by atoms with Crippen molar-refractivity contribution < 1.29 is 9.90 Å². The Morgan fingerprint density at radius 2 is 2.00 bits per heavy atom. The Balaban J connectivity index is 2.03. The molecule has 0 aromatic rings. The van der Waals surface area contributed by atoms with Crippen LogP contribution in [0, 0.1) is 22.7 Å². The number of carbonyl (C=O) groups excluding carboxylic acids is 1. The molecule has 1 saturated heterocycles. The van der Waals surface area contributed by atoms with Crippen LogP contribution in [0.2, 0.25) is 0 Å². The van der Waals surface area contributed by atoms with Crippen LogP contribution in [-0.4, -0.2) is 35.6 Å². The van der Waals surface area contributed by atoms with Crippen molar-refractivity contribution in [3.05, 3.63) is 0 Å². The largest absolute Gasteiger partial charge is 0.396 e. The molecule has 20 heavy (non-hydrogen) atoms. The van der Waals surface area contributed by atoms with E-state index in [0.29, 0.717) is 11.8 Å². The second kappa shape index (κ2) is 5.67. The van der Waals surface area contributed by atoms with Crippen LogP contribution in [0.1, 0.15) is 59.8 Å². The molecular weight excluding hydrogens is 250 g/mol. The summed E-state index contributed by atoms with van der Waals surface area (Å²) in [6.45, 7) is 10.7. The van der Waals surface area contributed by atoms with E-state index in [2.05, 4.69) is 27.7 Å². The highest BCUT2D eigenvalue weighted by Gasteiger charge is 2.40. The molecule has 0 bridgehead atoms. The van der Waals surface area contributed by atoms with E-state index in [9.17, 15) is 9.90 Å². The zero-order chi connectivity index (χ0) is 15.0. The molecule has 1 aliphatic heterocycles. The summed E-state index contributed by atoms with van der Waals surface area (Å²) in [4.78, 5) is 14.9. The van der Waals surface area contributed by atoms with Gasteiger partial charge in [-0.1, -0.05) is 27.7 Å². The van der Waals surface area contributed by atoms with Gasteiger partial charge in [-0.3, -0.25) is 4.79 Å². The summed E-state index contributed by atoms with van der Waals surface area (Å²) in [5.74, 6) is 1.17. The average Bonchev–Trinajstić information content (AvgIpc) is 2.35. The van der Waals surface area contributed by atoms with Crippen LogP contribution in [0.15, 0.2) is 0 Å². The molecule has 3 unspecified atom stereocenters. The van der Waals surface area contributed by atoms with Crippen molar-refractivity contribution >= 4 is 5.91 Å². The van der Waals surface area contributed by atoms with Crippen molar-refractivity contribution in [1.29, 1.82) is 0 Å². The first kappa shape index (κ1) is 15.8. The van der Waals surface area contributed by atoms with Crippen LogP contribution in [0.4, 0.5) is 0 Å². The molecule has 2 rings (SSSR count). The minimum atomic E-state index is -0.0935. The first-order valence-electron chi connectivity index (χ1n) is 8.14. The van der Waals surface area contributed by atoms with E-state index in [1.54, 1.807) is 0 Å². The number of aliphatic hydroxyl groups excluding tert-OH is 1. The van der Waals surface area contributed by atoms with Crippen molar-refractivity contribution in [3.8, 4) is 0 Å². The first-order valence-corrected chi connectivity index (χ1v) is 8.14. The van der Waals surface area contributed by atoms with Gasteiger partial charge < -0.3 is 10.0 Å². The Kier molecular flexibility index (Phi) is 4.48. The summed E-state index contributed by atoms with van der Waals surface area (Å²) in [6, 6.07) is 0. The number of rotatable bonds is 2. The summed E-state index contributed by atoms with van der Waals surface area (Å²) in [5.41, 5.74) is 0.192. The fourth-order valence-corrected chi connectivity index (χ4v) is 4.43. The number of hydrogen-bond acceptors (Lipinski definition) is 2. The van der Waals surface area contributed by atoms with Crippen molar-refractivity contribution in [1.82, 2.24) is 4.90 Å². The number of nitrogens with zero attached hydrogens (tertiary/aromatic N) is 1. The Morgan fingerprint density at radius 3 is 2.60 bits per heavy atom. The lowest BCUT2D eigenvalue weighted by Crippen LogP contribution is -2.49. The highest BCUT2D eigenvalue weighted by molar-refractivity contribution is 5.79. The van der Waals surface area contributed by atoms with E-state index < -0.39 is 0 Å². The van der Waals surface area contributed by atoms with Gasteiger partial charge in [0.1, 0.15) is 0 Å². The zero-order valence-electron chi connectivity index (χ0n) is 13.6. The van der Waals surface area contributed by atoms with Crippen LogP contribution in [0.5, 0.6) is 0 Å². The molecule has 0 spiro atoms. The van der Waals surface area contributed by atoms with Gasteiger partial charge in [0.15, 0.2) is 0 Å². The molecule has 116 valence electrons. The predicted octanol–water partition coefficient (Wildman–Crippen LogP) is 3.07. The van der Waals surface area contributed by atoms with Gasteiger partial charge in [-0.2, -0.15) is 0 Å². The van der Waals surface area contributed by atoms with Crippen molar-refractivity contribution in [2.24, 2.45) is 22.7 Å². The molecule has 3 heteroatoms. The summed E-state index contributed by atoms with van der Waals surface area (Å²) in [6.07, 6.45) is 5.33. The quantitative estimate of drug-likeness (QED) is 0.845. The highest BCUT2D eigenvalue weighted by atomic mass is 16.3. The molecule has 1 heterocycles. The molecule has 1 amide bonds. The number of likely N-dealkylation sites (tertiary alicyclic amines) is 1. The predicted molar refractivity (Wildman–Crippen MR) is 81.3 cm³/mol. The molecule has 2 aliphatic rings. The number of amides is 1. The normalized spacial score (nSPS) is 37.8. The Labute approximate surface area is 123 Å². The van der Waals surface area contributed by atoms with Crippen LogP contribution >= 0.6 is 0 Å². The molecule has 3 atom stereocenters. The number of hydrogen-bond donors (Lipinski definition) is 1. The molecule has 1 saturated carbocycles. The lowest BCUT2D eigenvalue weighted by atomic mass is 9.67. The van der Waals surface area contributed by atoms with E-state index >= 15 is 0 Å². The zero-order valence-corrected chi connectivity index (χ0v) is 13.6. The minimum absolute atomic E-state index is 0.0935. The third-order valence-corrected chi connectivity index (χ3v) is 5.21. The highest BCUT2D eigenvalue weighted by Crippen LogP contribution is 2.43. The SMILES string of the molecule is CC1CC(C(=O)N2CCCC(C)(CO)C2)CC(C)(C)C1. The minimum Gasteiger partial charge on any atom is -0.396 e. The summed E-state index contributed by atoms with van der Waals surface area (Å²) in [5, 5.41) is 9.55. The lowest BCUT2D eigenvalue weighted by molar-refractivity contribution is -0.142. The van der Waals surface area contributed by atoms with Gasteiger partial charge in [0.2, 0.25) is 5.91 Å². The van der Waals surface area contributed by atoms with Crippen molar-refractivity contribution in [2.45, 2.75) is 59.8 Å². The fraction of sp³-hybridized carbons (Fsp3) is 0.941. The number of carbonyl (C=O) groups is 1. The Bertz CT molecular complexity index is 366. The second-order valence-electron chi connectivity index (χ2n) is 8.44. The van der Waals surface area contributed by atoms with Gasteiger partial charge in [0.05, 0.1) is 6.61 Å². The van der Waals surface area contributed by atoms with Gasteiger partial charge in [-0.25, -0.2) is 0 Å². The van der Waals surface area contributed by atoms with Crippen LogP contribution in [0.25, 0.3) is 0 Å². The van der Waals surface area contributed by atoms with Gasteiger partial charge in [0, 0.05) is 24.4 Å². The summed E-state index contributed by atoms with van der Waals surface area (Å²) >= 11 is 0. The van der Waals surface area contributed by atoms with E-state index in [1.165, 1.54) is 6.42 Å². The molecule has 0 radical (unpaired) electrons. The van der Waals surface area contributed by atoms with Gasteiger partial charge in [0.25, 0.3) is 0 Å². The lowest BCUT2D eigenvalue weighted by Gasteiger charge is -2.44. The van der Waals surface area contributed by atoms with E-state index in [4.69, 9.17) is 0 Å². The second-order valence-corrected chi connectivity index (χ2v) is 8.44. The topological polar surface area (TPSA) is 40.5 Å². The van der Waals surface area contributed by atoms with E-state index in [0.717, 1.165) is 38.8 Å². The van der Waals surface area contributed by atoms with Crippen molar-refractivity contribution in [3.63, 3.8) is 0 Å². The van der Waals surface area contributed by atoms with E-state index in [-0.39, 0.29) is 23.4 Å². The molecule has 1 N–H and O–H groups in total. The number of aliphatic hydroxyl groups is 1. The van der Waals surface area contributed by atoms with Crippen LogP contribution in [-0.2, 0) is 4.79 Å². The monoisotopic (exact) mass is 281 g/mol. The smallest absolute Gasteiger partial charge is 0.225 e. The molecular formula is C17H31NO2. The Morgan fingerprint density at radius 1 is 1.30 bits per heavy atom. The third-order valence-electron chi connectivity index (χ3n) is 5.21. The molecule has 2 fully saturated rings. The average molecular weight is 281 g/mol. The maximum Gasteiger partial charge on any atom is 0.225 e. The van der Waals surface area contributed by atoms with E-state index in [1.807, 2.05) is 4.90 Å². The molecule has 0 aromatic carbocycles. The van der Waals surface area contributed by atoms with Gasteiger partial charge >= 0.3 is 0 Å². The molecule has 1 aliphatic carbocycles. The fourth-order valence-electron chi connectivity index (χ4n) is 4.43. The van der Waals surface area contributed by atoms with Gasteiger partial charge in [-0.05, 0) is 43.4 Å². The third kappa shape index (κ3) is 3.55. The standard InChI is InChI=1S/C17H31NO2/c1-13-8-14(10-16(2,3)9-13)15(20)18-7-5-6-17(4,11-18)12-19/h13-14,19H,5-12H2,1-4H3.